The van der Waals surface area contributed by atoms with E-state index in [2.05, 4.69) is 0 Å². The number of nitrogen functional groups attached to an aromatic ring is 1. The quantitative estimate of drug-likeness (QED) is 0.483. The second kappa shape index (κ2) is 5.65. The number of piperidine rings is 1. The zero-order valence-corrected chi connectivity index (χ0v) is 11.5. The molecule has 1 aliphatic heterocycles. The maximum Gasteiger partial charge on any atom is 0.293 e. The summed E-state index contributed by atoms with van der Waals surface area (Å²) in [6.07, 6.45) is -0.130. The van der Waals surface area contributed by atoms with Crippen LogP contribution in [0.1, 0.15) is 23.7 Å². The lowest BCUT2D eigenvalue weighted by Gasteiger charge is -2.34. The highest BCUT2D eigenvalue weighted by Gasteiger charge is 2.32. The van der Waals surface area contributed by atoms with Gasteiger partial charge in [-0.3, -0.25) is 14.9 Å². The van der Waals surface area contributed by atoms with Crippen molar-refractivity contribution in [1.82, 2.24) is 4.90 Å². The summed E-state index contributed by atoms with van der Waals surface area (Å²) >= 11 is 0. The van der Waals surface area contributed by atoms with Gasteiger partial charge in [-0.2, -0.15) is 0 Å². The van der Waals surface area contributed by atoms with Gasteiger partial charge in [-0.1, -0.05) is 6.92 Å². The lowest BCUT2D eigenvalue weighted by atomic mass is 9.95. The van der Waals surface area contributed by atoms with E-state index in [0.717, 1.165) is 12.1 Å². The number of benzene rings is 1. The number of nitrogens with zero attached hydrogens (tertiary/aromatic N) is 2. The Morgan fingerprint density at radius 2 is 2.24 bits per heavy atom. The van der Waals surface area contributed by atoms with Crippen molar-refractivity contribution in [3.05, 3.63) is 33.6 Å². The molecule has 0 spiro atoms. The second-order valence-electron chi connectivity index (χ2n) is 5.20. The van der Waals surface area contributed by atoms with Crippen molar-refractivity contribution in [1.29, 1.82) is 0 Å². The summed E-state index contributed by atoms with van der Waals surface area (Å²) in [5.74, 6) is -1.60. The van der Waals surface area contributed by atoms with Crippen LogP contribution in [0.5, 0.6) is 0 Å². The van der Waals surface area contributed by atoms with Crippen LogP contribution in [0.15, 0.2) is 12.1 Å². The minimum atomic E-state index is -0.906. The van der Waals surface area contributed by atoms with Crippen LogP contribution in [0.2, 0.25) is 0 Å². The van der Waals surface area contributed by atoms with Gasteiger partial charge in [0, 0.05) is 19.2 Å². The van der Waals surface area contributed by atoms with Crippen molar-refractivity contribution in [3.63, 3.8) is 0 Å². The molecular formula is C13H16FN3O4. The van der Waals surface area contributed by atoms with Gasteiger partial charge in [0.2, 0.25) is 0 Å². The molecule has 0 radical (unpaired) electrons. The van der Waals surface area contributed by atoms with Crippen molar-refractivity contribution in [2.45, 2.75) is 19.4 Å². The molecule has 1 amide bonds. The van der Waals surface area contributed by atoms with Crippen molar-refractivity contribution in [3.8, 4) is 0 Å². The normalized spacial score (nSPS) is 22.1. The molecule has 2 atom stereocenters. The van der Waals surface area contributed by atoms with Gasteiger partial charge >= 0.3 is 0 Å². The number of anilines is 1. The van der Waals surface area contributed by atoms with Crippen LogP contribution in [0.25, 0.3) is 0 Å². The topological polar surface area (TPSA) is 110 Å². The molecule has 0 aliphatic carbocycles. The molecule has 1 aliphatic rings. The Balaban J connectivity index is 2.35. The molecule has 2 rings (SSSR count). The number of likely N-dealkylation sites (tertiary alicyclic amines) is 1. The van der Waals surface area contributed by atoms with E-state index in [1.807, 2.05) is 6.92 Å². The smallest absolute Gasteiger partial charge is 0.293 e. The predicted molar refractivity (Wildman–Crippen MR) is 73.2 cm³/mol. The fourth-order valence-electron chi connectivity index (χ4n) is 2.35. The Bertz CT molecular complexity index is 593. The number of β-amino-alcohol motifs (C(OH)–C–C–N with tert-alkyl or cyclic N) is 1. The third-order valence-electron chi connectivity index (χ3n) is 3.79. The number of nitro groups is 1. The third kappa shape index (κ3) is 2.80. The SMILES string of the molecule is CC1CCN(C(=O)c2c(F)ccc([N+](=O)[O-])c2N)CC1O. The highest BCUT2D eigenvalue weighted by atomic mass is 19.1. The lowest BCUT2D eigenvalue weighted by Crippen LogP contribution is -2.46. The van der Waals surface area contributed by atoms with Gasteiger partial charge in [0.25, 0.3) is 11.6 Å². The number of nitro benzene ring substituents is 1. The van der Waals surface area contributed by atoms with Gasteiger partial charge in [-0.25, -0.2) is 4.39 Å². The Labute approximate surface area is 120 Å². The molecule has 114 valence electrons. The summed E-state index contributed by atoms with van der Waals surface area (Å²) < 4.78 is 13.9. The Kier molecular flexibility index (Phi) is 4.08. The monoisotopic (exact) mass is 297 g/mol. The number of carbonyl (C=O) groups excluding carboxylic acids is 1. The van der Waals surface area contributed by atoms with E-state index in [1.54, 1.807) is 0 Å². The first-order chi connectivity index (χ1) is 9.82. The van der Waals surface area contributed by atoms with E-state index in [0.29, 0.717) is 13.0 Å². The summed E-state index contributed by atoms with van der Waals surface area (Å²) in [5, 5.41) is 20.6. The average Bonchev–Trinajstić information content (AvgIpc) is 2.41. The highest BCUT2D eigenvalue weighted by Crippen LogP contribution is 2.29. The van der Waals surface area contributed by atoms with Gasteiger partial charge in [-0.05, 0) is 18.4 Å². The Hall–Kier alpha value is -2.22. The lowest BCUT2D eigenvalue weighted by molar-refractivity contribution is -0.384. The second-order valence-corrected chi connectivity index (χ2v) is 5.20. The molecule has 1 aromatic carbocycles. The van der Waals surface area contributed by atoms with Crippen LogP contribution in [-0.4, -0.2) is 40.0 Å². The first kappa shape index (κ1) is 15.2. The van der Waals surface area contributed by atoms with Crippen molar-refractivity contribution < 1.29 is 19.2 Å². The maximum atomic E-state index is 13.9. The van der Waals surface area contributed by atoms with Crippen molar-refractivity contribution in [2.24, 2.45) is 5.92 Å². The molecule has 2 unspecified atom stereocenters. The third-order valence-corrected chi connectivity index (χ3v) is 3.79. The number of hydrogen-bond donors (Lipinski definition) is 2. The summed E-state index contributed by atoms with van der Waals surface area (Å²) in [4.78, 5) is 23.7. The molecule has 0 bridgehead atoms. The summed E-state index contributed by atoms with van der Waals surface area (Å²) in [6, 6.07) is 1.78. The zero-order valence-electron chi connectivity index (χ0n) is 11.5. The minimum Gasteiger partial charge on any atom is -0.392 e. The van der Waals surface area contributed by atoms with E-state index in [9.17, 15) is 24.4 Å². The predicted octanol–water partition coefficient (Wildman–Crippen LogP) is 1.16. The zero-order chi connectivity index (χ0) is 15.7. The number of aliphatic hydroxyl groups is 1. The van der Waals surface area contributed by atoms with Gasteiger partial charge in [0.15, 0.2) is 0 Å². The summed E-state index contributed by atoms with van der Waals surface area (Å²) in [5.41, 5.74) is 4.06. The summed E-state index contributed by atoms with van der Waals surface area (Å²) in [6.45, 7) is 2.26. The van der Waals surface area contributed by atoms with Crippen LogP contribution < -0.4 is 5.73 Å². The fourth-order valence-corrected chi connectivity index (χ4v) is 2.35. The molecule has 21 heavy (non-hydrogen) atoms. The van der Waals surface area contributed by atoms with Crippen molar-refractivity contribution in [2.75, 3.05) is 18.8 Å². The molecule has 7 nitrogen and oxygen atoms in total. The van der Waals surface area contributed by atoms with Gasteiger partial charge in [0.05, 0.1) is 11.0 Å². The molecule has 1 saturated heterocycles. The summed E-state index contributed by atoms with van der Waals surface area (Å²) in [7, 11) is 0. The van der Waals surface area contributed by atoms with Gasteiger partial charge in [-0.15, -0.1) is 0 Å². The number of halogens is 1. The van der Waals surface area contributed by atoms with Crippen LogP contribution >= 0.6 is 0 Å². The fraction of sp³-hybridized carbons (Fsp3) is 0.462. The van der Waals surface area contributed by atoms with Crippen molar-refractivity contribution >= 4 is 17.3 Å². The minimum absolute atomic E-state index is 0.0429. The molecule has 0 saturated carbocycles. The number of nitrogens with two attached hydrogens (primary N) is 1. The maximum absolute atomic E-state index is 13.9. The Morgan fingerprint density at radius 1 is 1.57 bits per heavy atom. The first-order valence-corrected chi connectivity index (χ1v) is 6.52. The molecule has 1 fully saturated rings. The number of aliphatic hydroxyl groups excluding tert-OH is 1. The molecule has 1 aromatic rings. The van der Waals surface area contributed by atoms with Gasteiger partial charge in [0.1, 0.15) is 17.1 Å². The number of carbonyl (C=O) groups is 1. The molecular weight excluding hydrogens is 281 g/mol. The highest BCUT2D eigenvalue weighted by molar-refractivity contribution is 6.01. The molecule has 8 heteroatoms. The molecule has 1 heterocycles. The van der Waals surface area contributed by atoms with Crippen LogP contribution in [0.3, 0.4) is 0 Å². The largest absolute Gasteiger partial charge is 0.392 e. The number of hydrogen-bond acceptors (Lipinski definition) is 5. The van der Waals surface area contributed by atoms with Crippen LogP contribution in [-0.2, 0) is 0 Å². The molecule has 3 N–H and O–H groups in total. The van der Waals surface area contributed by atoms with Crippen LogP contribution in [0.4, 0.5) is 15.8 Å². The molecule has 0 aromatic heterocycles. The number of rotatable bonds is 2. The van der Waals surface area contributed by atoms with E-state index < -0.39 is 39.7 Å². The standard InChI is InChI=1S/C13H16FN3O4/c1-7-4-5-16(6-10(7)18)13(19)11-8(14)2-3-9(12(11)15)17(20)21/h2-3,7,10,18H,4-6,15H2,1H3. The first-order valence-electron chi connectivity index (χ1n) is 6.52. The number of amides is 1. The van der Waals surface area contributed by atoms with E-state index in [4.69, 9.17) is 5.73 Å². The van der Waals surface area contributed by atoms with E-state index in [1.165, 1.54) is 4.90 Å². The van der Waals surface area contributed by atoms with Crippen LogP contribution in [0, 0.1) is 21.8 Å². The van der Waals surface area contributed by atoms with Gasteiger partial charge < -0.3 is 15.7 Å². The van der Waals surface area contributed by atoms with E-state index >= 15 is 0 Å². The average molecular weight is 297 g/mol. The van der Waals surface area contributed by atoms with E-state index in [-0.39, 0.29) is 12.5 Å². The Morgan fingerprint density at radius 3 is 2.81 bits per heavy atom.